The average Bonchev–Trinajstić information content (AvgIpc) is 3.32. The number of pyridine rings is 1. The standard InChI is InChI=1S/C26H24Cl2F3N3O/c27-19-11-13-23(32-16-19)25(15-17-6-2-1-3-7-17,34-24(35)33-20-8-4-5-9-20)18-10-12-22(28)21(14-18)26(29,30)31/h1-3,6-7,10-14,16,20H,4-5,8-9,15H2,(H2,33,34,35). The fraction of sp³-hybridized carbons (Fsp3) is 0.308. The van der Waals surface area contributed by atoms with Gasteiger partial charge >= 0.3 is 12.2 Å². The molecule has 0 spiro atoms. The number of urea groups is 1. The largest absolute Gasteiger partial charge is 0.417 e. The Kier molecular flexibility index (Phi) is 7.57. The molecule has 35 heavy (non-hydrogen) atoms. The molecule has 4 rings (SSSR count). The molecule has 1 aliphatic rings. The van der Waals surface area contributed by atoms with Gasteiger partial charge < -0.3 is 10.6 Å². The number of amides is 2. The molecular formula is C26H24Cl2F3N3O. The highest BCUT2D eigenvalue weighted by Gasteiger charge is 2.41. The van der Waals surface area contributed by atoms with E-state index in [-0.39, 0.29) is 18.0 Å². The number of aromatic nitrogens is 1. The molecule has 0 bridgehead atoms. The van der Waals surface area contributed by atoms with E-state index in [2.05, 4.69) is 15.6 Å². The van der Waals surface area contributed by atoms with Crippen molar-refractivity contribution in [3.05, 3.63) is 99.3 Å². The van der Waals surface area contributed by atoms with Crippen LogP contribution >= 0.6 is 23.2 Å². The number of carbonyl (C=O) groups is 1. The molecule has 3 aromatic rings. The van der Waals surface area contributed by atoms with Gasteiger partial charge in [-0.25, -0.2) is 4.79 Å². The summed E-state index contributed by atoms with van der Waals surface area (Å²) in [6.45, 7) is 0. The normalized spacial score (nSPS) is 16.0. The van der Waals surface area contributed by atoms with Crippen LogP contribution < -0.4 is 10.6 Å². The lowest BCUT2D eigenvalue weighted by Gasteiger charge is -2.36. The van der Waals surface area contributed by atoms with E-state index in [0.29, 0.717) is 10.7 Å². The molecule has 0 aliphatic heterocycles. The number of carbonyl (C=O) groups excluding carboxylic acids is 1. The van der Waals surface area contributed by atoms with Crippen molar-refractivity contribution in [1.29, 1.82) is 0 Å². The van der Waals surface area contributed by atoms with Gasteiger partial charge in [0, 0.05) is 18.7 Å². The van der Waals surface area contributed by atoms with Crippen LogP contribution in [0.2, 0.25) is 10.0 Å². The van der Waals surface area contributed by atoms with Crippen molar-refractivity contribution < 1.29 is 18.0 Å². The highest BCUT2D eigenvalue weighted by atomic mass is 35.5. The predicted octanol–water partition coefficient (Wildman–Crippen LogP) is 7.14. The Labute approximate surface area is 211 Å². The molecule has 2 amide bonds. The van der Waals surface area contributed by atoms with E-state index in [9.17, 15) is 18.0 Å². The zero-order chi connectivity index (χ0) is 25.1. The van der Waals surface area contributed by atoms with Crippen molar-refractivity contribution in [2.75, 3.05) is 0 Å². The number of hydrogen-bond donors (Lipinski definition) is 2. The molecule has 1 aliphatic carbocycles. The summed E-state index contributed by atoms with van der Waals surface area (Å²) in [4.78, 5) is 17.7. The number of halogens is 5. The van der Waals surface area contributed by atoms with E-state index >= 15 is 0 Å². The molecule has 9 heteroatoms. The maximum absolute atomic E-state index is 13.8. The monoisotopic (exact) mass is 521 g/mol. The number of hydrogen-bond acceptors (Lipinski definition) is 2. The Morgan fingerprint density at radius 1 is 1.00 bits per heavy atom. The quantitative estimate of drug-likeness (QED) is 0.362. The predicted molar refractivity (Wildman–Crippen MR) is 131 cm³/mol. The minimum absolute atomic E-state index is 0.0126. The lowest BCUT2D eigenvalue weighted by Crippen LogP contribution is -2.54. The summed E-state index contributed by atoms with van der Waals surface area (Å²) in [5.41, 5.74) is -1.06. The van der Waals surface area contributed by atoms with Gasteiger partial charge in [0.2, 0.25) is 0 Å². The number of nitrogens with one attached hydrogen (secondary N) is 2. The molecule has 1 unspecified atom stereocenters. The fourth-order valence-electron chi connectivity index (χ4n) is 4.54. The molecule has 184 valence electrons. The topological polar surface area (TPSA) is 54.0 Å². The van der Waals surface area contributed by atoms with E-state index in [1.54, 1.807) is 12.1 Å². The van der Waals surface area contributed by atoms with Crippen LogP contribution in [0.25, 0.3) is 0 Å². The van der Waals surface area contributed by atoms with Gasteiger partial charge in [0.05, 0.1) is 21.3 Å². The molecule has 2 N–H and O–H groups in total. The van der Waals surface area contributed by atoms with E-state index in [4.69, 9.17) is 23.2 Å². The molecule has 1 saturated carbocycles. The second-order valence-electron chi connectivity index (χ2n) is 8.70. The van der Waals surface area contributed by atoms with Gasteiger partial charge in [0.1, 0.15) is 5.54 Å². The molecule has 1 aromatic heterocycles. The van der Waals surface area contributed by atoms with Crippen LogP contribution in [0.1, 0.15) is 48.1 Å². The van der Waals surface area contributed by atoms with Crippen LogP contribution in [0.5, 0.6) is 0 Å². The van der Waals surface area contributed by atoms with Gasteiger partial charge in [-0.2, -0.15) is 13.2 Å². The van der Waals surface area contributed by atoms with E-state index in [0.717, 1.165) is 37.3 Å². The lowest BCUT2D eigenvalue weighted by atomic mass is 9.80. The smallest absolute Gasteiger partial charge is 0.335 e. The highest BCUT2D eigenvalue weighted by molar-refractivity contribution is 6.31. The van der Waals surface area contributed by atoms with Crippen LogP contribution in [-0.4, -0.2) is 17.1 Å². The molecule has 1 heterocycles. The van der Waals surface area contributed by atoms with E-state index in [1.165, 1.54) is 18.3 Å². The summed E-state index contributed by atoms with van der Waals surface area (Å²) in [6, 6.07) is 15.6. The van der Waals surface area contributed by atoms with Crippen LogP contribution in [-0.2, 0) is 18.1 Å². The highest BCUT2D eigenvalue weighted by Crippen LogP contribution is 2.40. The van der Waals surface area contributed by atoms with Gasteiger partial charge in [0.15, 0.2) is 0 Å². The number of rotatable bonds is 6. The second-order valence-corrected chi connectivity index (χ2v) is 9.55. The van der Waals surface area contributed by atoms with Crippen LogP contribution in [0.3, 0.4) is 0 Å². The first-order valence-corrected chi connectivity index (χ1v) is 12.0. The van der Waals surface area contributed by atoms with Crippen molar-refractivity contribution in [3.63, 3.8) is 0 Å². The SMILES string of the molecule is O=C(NC1CCCC1)NC(Cc1ccccc1)(c1ccc(Cl)c(C(F)(F)F)c1)c1ccc(Cl)cn1. The van der Waals surface area contributed by atoms with Crippen molar-refractivity contribution in [1.82, 2.24) is 15.6 Å². The second kappa shape index (κ2) is 10.5. The molecular weight excluding hydrogens is 498 g/mol. The van der Waals surface area contributed by atoms with Gasteiger partial charge in [-0.3, -0.25) is 4.98 Å². The van der Waals surface area contributed by atoms with Crippen LogP contribution in [0.15, 0.2) is 66.9 Å². The Morgan fingerprint density at radius 2 is 1.71 bits per heavy atom. The van der Waals surface area contributed by atoms with Crippen molar-refractivity contribution >= 4 is 29.2 Å². The lowest BCUT2D eigenvalue weighted by molar-refractivity contribution is -0.137. The van der Waals surface area contributed by atoms with Crippen molar-refractivity contribution in [2.45, 2.75) is 49.9 Å². The van der Waals surface area contributed by atoms with Crippen LogP contribution in [0, 0.1) is 0 Å². The number of nitrogens with zero attached hydrogens (tertiary/aromatic N) is 1. The summed E-state index contributed by atoms with van der Waals surface area (Å²) in [5.74, 6) is 0. The third-order valence-corrected chi connectivity index (χ3v) is 6.81. The Morgan fingerprint density at radius 3 is 2.34 bits per heavy atom. The van der Waals surface area contributed by atoms with Crippen LogP contribution in [0.4, 0.5) is 18.0 Å². The zero-order valence-corrected chi connectivity index (χ0v) is 20.2. The number of benzene rings is 2. The zero-order valence-electron chi connectivity index (χ0n) is 18.7. The summed E-state index contributed by atoms with van der Waals surface area (Å²) in [7, 11) is 0. The summed E-state index contributed by atoms with van der Waals surface area (Å²) in [6.07, 6.45) is 0.642. The van der Waals surface area contributed by atoms with E-state index in [1.807, 2.05) is 30.3 Å². The van der Waals surface area contributed by atoms with Gasteiger partial charge in [-0.15, -0.1) is 0 Å². The maximum atomic E-state index is 13.8. The third kappa shape index (κ3) is 5.90. The minimum Gasteiger partial charge on any atom is -0.335 e. The molecule has 0 saturated heterocycles. The molecule has 4 nitrogen and oxygen atoms in total. The molecule has 1 fully saturated rings. The molecule has 0 radical (unpaired) electrons. The first kappa shape index (κ1) is 25.3. The first-order valence-electron chi connectivity index (χ1n) is 11.3. The summed E-state index contributed by atoms with van der Waals surface area (Å²) >= 11 is 12.0. The van der Waals surface area contributed by atoms with Crippen molar-refractivity contribution in [3.8, 4) is 0 Å². The number of alkyl halides is 3. The first-order chi connectivity index (χ1) is 16.7. The van der Waals surface area contributed by atoms with Crippen molar-refractivity contribution in [2.24, 2.45) is 0 Å². The van der Waals surface area contributed by atoms with Gasteiger partial charge in [-0.05, 0) is 48.2 Å². The van der Waals surface area contributed by atoms with E-state index < -0.39 is 28.3 Å². The third-order valence-electron chi connectivity index (χ3n) is 6.26. The van der Waals surface area contributed by atoms with Gasteiger partial charge in [0.25, 0.3) is 0 Å². The Hall–Kier alpha value is -2.77. The average molecular weight is 522 g/mol. The Balaban J connectivity index is 1.88. The molecule has 2 aromatic carbocycles. The fourth-order valence-corrected chi connectivity index (χ4v) is 4.88. The van der Waals surface area contributed by atoms with Gasteiger partial charge in [-0.1, -0.05) is 72.4 Å². The summed E-state index contributed by atoms with van der Waals surface area (Å²) < 4.78 is 41.4. The summed E-state index contributed by atoms with van der Waals surface area (Å²) in [5, 5.41) is 5.91. The molecule has 1 atom stereocenters. The maximum Gasteiger partial charge on any atom is 0.417 e. The Bertz CT molecular complexity index is 1170. The minimum atomic E-state index is -4.68.